The number of ether oxygens (including phenoxy) is 1. The summed E-state index contributed by atoms with van der Waals surface area (Å²) in [6.45, 7) is 6.24. The summed E-state index contributed by atoms with van der Waals surface area (Å²) in [5.74, 6) is 2.40. The molecule has 1 aliphatic heterocycles. The number of aromatic nitrogens is 4. The highest BCUT2D eigenvalue weighted by Gasteiger charge is 2.20. The van der Waals surface area contributed by atoms with Gasteiger partial charge in [0.1, 0.15) is 5.82 Å². The van der Waals surface area contributed by atoms with Crippen LogP contribution in [-0.4, -0.2) is 70.1 Å². The molecule has 2 aromatic rings. The van der Waals surface area contributed by atoms with Crippen molar-refractivity contribution in [2.45, 2.75) is 37.9 Å². The third-order valence-corrected chi connectivity index (χ3v) is 5.71. The van der Waals surface area contributed by atoms with Crippen LogP contribution in [0.5, 0.6) is 0 Å². The summed E-state index contributed by atoms with van der Waals surface area (Å²) in [5, 5.41) is 9.13. The van der Waals surface area contributed by atoms with Gasteiger partial charge < -0.3 is 15.0 Å². The molecular formula is C18H27ClN6O2S. The number of hydrogen-bond donors (Lipinski definition) is 1. The van der Waals surface area contributed by atoms with Crippen LogP contribution in [0, 0.1) is 0 Å². The standard InChI is InChI=1S/C18H27ClN6O2S/c1-2-12-28-18-22-16(24-8-10-27-11-9-24)14-13-21-25(17(14)23-18)7-6-20-15(26)4-3-5-19/h13H,2-12H2,1H3,(H,20,26). The molecule has 8 nitrogen and oxygen atoms in total. The lowest BCUT2D eigenvalue weighted by Gasteiger charge is -2.28. The molecule has 0 aromatic carbocycles. The Hall–Kier alpha value is -1.58. The quantitative estimate of drug-likeness (QED) is 0.354. The molecule has 10 heteroatoms. The van der Waals surface area contributed by atoms with Crippen molar-refractivity contribution in [3.8, 4) is 0 Å². The number of rotatable bonds is 10. The maximum absolute atomic E-state index is 11.8. The molecular weight excluding hydrogens is 400 g/mol. The highest BCUT2D eigenvalue weighted by Crippen LogP contribution is 2.28. The molecule has 1 N–H and O–H groups in total. The number of halogens is 1. The number of thioether (sulfide) groups is 1. The SMILES string of the molecule is CCCSc1nc(N2CCOCC2)c2cnn(CCNC(=O)CCCCl)c2n1. The Morgan fingerprint density at radius 2 is 2.18 bits per heavy atom. The Labute approximate surface area is 174 Å². The molecule has 1 fully saturated rings. The van der Waals surface area contributed by atoms with Gasteiger partial charge in [0.15, 0.2) is 10.8 Å². The van der Waals surface area contributed by atoms with Gasteiger partial charge in [-0.15, -0.1) is 11.6 Å². The van der Waals surface area contributed by atoms with Crippen molar-refractivity contribution < 1.29 is 9.53 Å². The number of fused-ring (bicyclic) bond motifs is 1. The largest absolute Gasteiger partial charge is 0.378 e. The highest BCUT2D eigenvalue weighted by molar-refractivity contribution is 7.99. The first-order valence-corrected chi connectivity index (χ1v) is 11.3. The van der Waals surface area contributed by atoms with Crippen molar-refractivity contribution >= 4 is 46.1 Å². The van der Waals surface area contributed by atoms with Crippen molar-refractivity contribution in [1.82, 2.24) is 25.1 Å². The number of alkyl halides is 1. The van der Waals surface area contributed by atoms with E-state index in [0.29, 0.717) is 45.0 Å². The van der Waals surface area contributed by atoms with Gasteiger partial charge >= 0.3 is 0 Å². The third kappa shape index (κ3) is 5.48. The first-order chi connectivity index (χ1) is 13.7. The number of nitrogens with one attached hydrogen (secondary N) is 1. The second-order valence-corrected chi connectivity index (χ2v) is 7.97. The minimum Gasteiger partial charge on any atom is -0.378 e. The molecule has 0 spiro atoms. The summed E-state index contributed by atoms with van der Waals surface area (Å²) in [7, 11) is 0. The van der Waals surface area contributed by atoms with Crippen LogP contribution in [0.1, 0.15) is 26.2 Å². The smallest absolute Gasteiger partial charge is 0.220 e. The fourth-order valence-corrected chi connectivity index (χ4v) is 3.80. The van der Waals surface area contributed by atoms with E-state index >= 15 is 0 Å². The first-order valence-electron chi connectivity index (χ1n) is 9.74. The lowest BCUT2D eigenvalue weighted by atomic mass is 10.3. The maximum Gasteiger partial charge on any atom is 0.220 e. The van der Waals surface area contributed by atoms with Crippen molar-refractivity contribution in [2.75, 3.05) is 49.4 Å². The first kappa shape index (κ1) is 21.1. The van der Waals surface area contributed by atoms with E-state index < -0.39 is 0 Å². The van der Waals surface area contributed by atoms with Gasteiger partial charge in [-0.05, 0) is 12.8 Å². The van der Waals surface area contributed by atoms with Crippen LogP contribution in [0.25, 0.3) is 11.0 Å². The molecule has 0 aliphatic carbocycles. The van der Waals surface area contributed by atoms with Gasteiger partial charge in [-0.25, -0.2) is 14.6 Å². The van der Waals surface area contributed by atoms with Crippen LogP contribution < -0.4 is 10.2 Å². The normalized spacial score (nSPS) is 14.6. The Morgan fingerprint density at radius 3 is 2.93 bits per heavy atom. The average Bonchev–Trinajstić information content (AvgIpc) is 3.13. The Balaban J connectivity index is 1.78. The molecule has 1 amide bonds. The topological polar surface area (TPSA) is 85.2 Å². The zero-order chi connectivity index (χ0) is 19.8. The summed E-state index contributed by atoms with van der Waals surface area (Å²) in [4.78, 5) is 23.6. The molecule has 0 saturated carbocycles. The molecule has 154 valence electrons. The van der Waals surface area contributed by atoms with Gasteiger partial charge in [-0.1, -0.05) is 18.7 Å². The summed E-state index contributed by atoms with van der Waals surface area (Å²) >= 11 is 7.29. The Kier molecular flexibility index (Phi) is 8.17. The van der Waals surface area contributed by atoms with Gasteiger partial charge in [0.25, 0.3) is 0 Å². The number of anilines is 1. The van der Waals surface area contributed by atoms with Crippen LogP contribution in [0.3, 0.4) is 0 Å². The molecule has 1 aliphatic rings. The second kappa shape index (κ2) is 10.8. The van der Waals surface area contributed by atoms with E-state index in [1.54, 1.807) is 11.8 Å². The van der Waals surface area contributed by atoms with Crippen molar-refractivity contribution in [3.63, 3.8) is 0 Å². The van der Waals surface area contributed by atoms with E-state index in [-0.39, 0.29) is 5.91 Å². The van der Waals surface area contributed by atoms with Gasteiger partial charge in [0.05, 0.1) is 31.3 Å². The Bertz CT molecular complexity index is 781. The molecule has 0 bridgehead atoms. The number of nitrogens with zero attached hydrogens (tertiary/aromatic N) is 5. The summed E-state index contributed by atoms with van der Waals surface area (Å²) in [6, 6.07) is 0. The highest BCUT2D eigenvalue weighted by atomic mass is 35.5. The van der Waals surface area contributed by atoms with Crippen LogP contribution in [0.4, 0.5) is 5.82 Å². The lowest BCUT2D eigenvalue weighted by molar-refractivity contribution is -0.121. The zero-order valence-electron chi connectivity index (χ0n) is 16.2. The fourth-order valence-electron chi connectivity index (χ4n) is 2.98. The predicted octanol–water partition coefficient (Wildman–Crippen LogP) is 2.30. The van der Waals surface area contributed by atoms with Crippen LogP contribution in [0.2, 0.25) is 0 Å². The number of carbonyl (C=O) groups excluding carboxylic acids is 1. The zero-order valence-corrected chi connectivity index (χ0v) is 17.8. The molecule has 3 rings (SSSR count). The van der Waals surface area contributed by atoms with E-state index in [4.69, 9.17) is 26.3 Å². The predicted molar refractivity (Wildman–Crippen MR) is 112 cm³/mol. The monoisotopic (exact) mass is 426 g/mol. The molecule has 0 radical (unpaired) electrons. The van der Waals surface area contributed by atoms with E-state index in [0.717, 1.165) is 47.3 Å². The minimum absolute atomic E-state index is 0.0138. The van der Waals surface area contributed by atoms with Gasteiger partial charge in [0, 0.05) is 37.7 Å². The average molecular weight is 427 g/mol. The number of morpholine rings is 1. The molecule has 3 heterocycles. The minimum atomic E-state index is 0.0138. The summed E-state index contributed by atoms with van der Waals surface area (Å²) in [6.07, 6.45) is 4.02. The van der Waals surface area contributed by atoms with E-state index in [1.807, 2.05) is 10.9 Å². The van der Waals surface area contributed by atoms with Crippen molar-refractivity contribution in [3.05, 3.63) is 6.20 Å². The van der Waals surface area contributed by atoms with Crippen molar-refractivity contribution in [1.29, 1.82) is 0 Å². The van der Waals surface area contributed by atoms with E-state index in [9.17, 15) is 4.79 Å². The Morgan fingerprint density at radius 1 is 1.36 bits per heavy atom. The summed E-state index contributed by atoms with van der Waals surface area (Å²) < 4.78 is 7.32. The number of carbonyl (C=O) groups is 1. The van der Waals surface area contributed by atoms with Gasteiger partial charge in [0.2, 0.25) is 5.91 Å². The van der Waals surface area contributed by atoms with Crippen LogP contribution in [0.15, 0.2) is 11.4 Å². The van der Waals surface area contributed by atoms with Gasteiger partial charge in [-0.2, -0.15) is 5.10 Å². The number of amides is 1. The van der Waals surface area contributed by atoms with Gasteiger partial charge in [-0.3, -0.25) is 4.79 Å². The third-order valence-electron chi connectivity index (χ3n) is 4.38. The molecule has 1 saturated heterocycles. The van der Waals surface area contributed by atoms with Crippen molar-refractivity contribution in [2.24, 2.45) is 0 Å². The second-order valence-electron chi connectivity index (χ2n) is 6.53. The summed E-state index contributed by atoms with van der Waals surface area (Å²) in [5.41, 5.74) is 0.810. The maximum atomic E-state index is 11.8. The molecule has 2 aromatic heterocycles. The van der Waals surface area contributed by atoms with Crippen LogP contribution in [-0.2, 0) is 16.1 Å². The van der Waals surface area contributed by atoms with E-state index in [1.165, 1.54) is 0 Å². The fraction of sp³-hybridized carbons (Fsp3) is 0.667. The lowest BCUT2D eigenvalue weighted by Crippen LogP contribution is -2.37. The molecule has 0 atom stereocenters. The molecule has 28 heavy (non-hydrogen) atoms. The van der Waals surface area contributed by atoms with E-state index in [2.05, 4.69) is 22.2 Å². The number of hydrogen-bond acceptors (Lipinski definition) is 7. The molecule has 0 unspecified atom stereocenters. The van der Waals surface area contributed by atoms with Crippen LogP contribution >= 0.6 is 23.4 Å².